The summed E-state index contributed by atoms with van der Waals surface area (Å²) in [5, 5.41) is 4.99. The Balaban J connectivity index is 1.26. The third-order valence-electron chi connectivity index (χ3n) is 6.97. The maximum absolute atomic E-state index is 6.40. The van der Waals surface area contributed by atoms with E-state index < -0.39 is 0 Å². The van der Waals surface area contributed by atoms with Crippen molar-refractivity contribution in [2.75, 3.05) is 19.6 Å². The zero-order valence-electron chi connectivity index (χ0n) is 19.7. The lowest BCUT2D eigenvalue weighted by Crippen LogP contribution is -2.35. The number of alkyl halides is 1. The number of allylic oxidation sites excluding steroid dienone is 4. The summed E-state index contributed by atoms with van der Waals surface area (Å²) in [7, 11) is 0. The molecular formula is C28H32ClN5. The van der Waals surface area contributed by atoms with Crippen molar-refractivity contribution in [3.8, 4) is 5.95 Å². The van der Waals surface area contributed by atoms with Gasteiger partial charge in [-0.3, -0.25) is 0 Å². The van der Waals surface area contributed by atoms with Crippen LogP contribution in [0.3, 0.4) is 0 Å². The van der Waals surface area contributed by atoms with Gasteiger partial charge in [-0.2, -0.15) is 9.78 Å². The van der Waals surface area contributed by atoms with Gasteiger partial charge >= 0.3 is 0 Å². The first-order valence-corrected chi connectivity index (χ1v) is 12.8. The Morgan fingerprint density at radius 3 is 2.53 bits per heavy atom. The second-order valence-electron chi connectivity index (χ2n) is 9.49. The van der Waals surface area contributed by atoms with E-state index in [0.717, 1.165) is 49.4 Å². The molecule has 0 saturated carbocycles. The van der Waals surface area contributed by atoms with Gasteiger partial charge in [0, 0.05) is 18.9 Å². The first-order chi connectivity index (χ1) is 16.7. The van der Waals surface area contributed by atoms with Gasteiger partial charge in [-0.15, -0.1) is 11.6 Å². The standard InChI is InChI=1S/C28H32ClN5/c1-21-18-24(8-9-26(21)29)27-20-25(32-34(27)28-30-13-5-14-31-28)19-23-11-16-33(17-12-23)15-10-22-6-3-2-4-7-22/h2-9,13-14,18,20-21,23,26H,10-12,15-17,19H2,1H3. The third kappa shape index (κ3) is 5.48. The molecule has 6 heteroatoms. The van der Waals surface area contributed by atoms with Gasteiger partial charge in [0.2, 0.25) is 0 Å². The van der Waals surface area contributed by atoms with E-state index in [-0.39, 0.29) is 11.3 Å². The second-order valence-corrected chi connectivity index (χ2v) is 9.99. The number of halogens is 1. The number of hydrogen-bond donors (Lipinski definition) is 0. The van der Waals surface area contributed by atoms with Gasteiger partial charge in [0.15, 0.2) is 0 Å². The van der Waals surface area contributed by atoms with Crippen molar-refractivity contribution in [1.82, 2.24) is 24.6 Å². The van der Waals surface area contributed by atoms with Crippen molar-refractivity contribution in [3.05, 3.63) is 90.0 Å². The van der Waals surface area contributed by atoms with Crippen LogP contribution in [0.15, 0.2) is 73.1 Å². The summed E-state index contributed by atoms with van der Waals surface area (Å²) in [6.07, 6.45) is 14.5. The van der Waals surface area contributed by atoms with Crippen molar-refractivity contribution in [1.29, 1.82) is 0 Å². The van der Waals surface area contributed by atoms with Crippen LogP contribution in [-0.4, -0.2) is 49.7 Å². The Morgan fingerprint density at radius 2 is 1.79 bits per heavy atom. The van der Waals surface area contributed by atoms with E-state index in [1.54, 1.807) is 12.4 Å². The van der Waals surface area contributed by atoms with Crippen LogP contribution in [0.2, 0.25) is 0 Å². The predicted octanol–water partition coefficient (Wildman–Crippen LogP) is 5.36. The van der Waals surface area contributed by atoms with E-state index in [0.29, 0.717) is 11.9 Å². The quantitative estimate of drug-likeness (QED) is 0.433. The minimum Gasteiger partial charge on any atom is -0.303 e. The lowest BCUT2D eigenvalue weighted by atomic mass is 9.91. The van der Waals surface area contributed by atoms with Crippen LogP contribution in [-0.2, 0) is 12.8 Å². The molecule has 1 aliphatic carbocycles. The largest absolute Gasteiger partial charge is 0.303 e. The van der Waals surface area contributed by atoms with E-state index >= 15 is 0 Å². The fourth-order valence-corrected chi connectivity index (χ4v) is 5.05. The predicted molar refractivity (Wildman–Crippen MR) is 138 cm³/mol. The fraction of sp³-hybridized carbons (Fsp3) is 0.393. The molecule has 1 saturated heterocycles. The van der Waals surface area contributed by atoms with Crippen LogP contribution >= 0.6 is 11.6 Å². The van der Waals surface area contributed by atoms with Crippen molar-refractivity contribution in [3.63, 3.8) is 0 Å². The van der Waals surface area contributed by atoms with E-state index in [1.807, 2.05) is 10.7 Å². The summed E-state index contributed by atoms with van der Waals surface area (Å²) >= 11 is 6.40. The third-order valence-corrected chi connectivity index (χ3v) is 7.51. The van der Waals surface area contributed by atoms with Gasteiger partial charge in [-0.1, -0.05) is 55.5 Å². The molecular weight excluding hydrogens is 442 g/mol. The van der Waals surface area contributed by atoms with E-state index in [4.69, 9.17) is 16.7 Å². The molecule has 2 aliphatic rings. The molecule has 2 unspecified atom stereocenters. The SMILES string of the molecule is CC1C=C(c2cc(CC3CCN(CCc4ccccc4)CC3)nn2-c2ncccn2)C=CC1Cl. The van der Waals surface area contributed by atoms with E-state index in [1.165, 1.54) is 18.4 Å². The molecule has 1 fully saturated rings. The van der Waals surface area contributed by atoms with Crippen LogP contribution < -0.4 is 0 Å². The molecule has 3 heterocycles. The van der Waals surface area contributed by atoms with Crippen molar-refractivity contribution in [2.45, 2.75) is 38.0 Å². The van der Waals surface area contributed by atoms with Gasteiger partial charge in [0.05, 0.1) is 16.8 Å². The van der Waals surface area contributed by atoms with Crippen molar-refractivity contribution in [2.24, 2.45) is 11.8 Å². The lowest BCUT2D eigenvalue weighted by molar-refractivity contribution is 0.185. The number of benzene rings is 1. The first kappa shape index (κ1) is 23.0. The molecule has 0 amide bonds. The van der Waals surface area contributed by atoms with Gasteiger partial charge in [-0.25, -0.2) is 9.97 Å². The van der Waals surface area contributed by atoms with Crippen molar-refractivity contribution < 1.29 is 0 Å². The summed E-state index contributed by atoms with van der Waals surface area (Å²) in [6.45, 7) is 5.61. The maximum atomic E-state index is 6.40. The molecule has 176 valence electrons. The van der Waals surface area contributed by atoms with E-state index in [9.17, 15) is 0 Å². The van der Waals surface area contributed by atoms with Gasteiger partial charge in [0.1, 0.15) is 0 Å². The number of likely N-dealkylation sites (tertiary alicyclic amines) is 1. The highest BCUT2D eigenvalue weighted by atomic mass is 35.5. The summed E-state index contributed by atoms with van der Waals surface area (Å²) < 4.78 is 1.89. The Hall–Kier alpha value is -2.76. The molecule has 0 spiro atoms. The molecule has 3 aromatic rings. The summed E-state index contributed by atoms with van der Waals surface area (Å²) in [4.78, 5) is 11.5. The zero-order valence-corrected chi connectivity index (χ0v) is 20.5. The maximum Gasteiger partial charge on any atom is 0.251 e. The van der Waals surface area contributed by atoms with Gasteiger partial charge < -0.3 is 4.90 Å². The van der Waals surface area contributed by atoms with Crippen LogP contribution in [0.4, 0.5) is 0 Å². The highest BCUT2D eigenvalue weighted by molar-refractivity contribution is 6.22. The highest BCUT2D eigenvalue weighted by Gasteiger charge is 2.23. The number of nitrogens with zero attached hydrogens (tertiary/aromatic N) is 5. The normalized spacial score (nSPS) is 21.5. The molecule has 0 N–H and O–H groups in total. The summed E-state index contributed by atoms with van der Waals surface area (Å²) in [5.41, 5.74) is 4.70. The zero-order chi connectivity index (χ0) is 23.3. The molecule has 5 rings (SSSR count). The molecule has 2 atom stereocenters. The van der Waals surface area contributed by atoms with E-state index in [2.05, 4.69) is 76.4 Å². The fourth-order valence-electron chi connectivity index (χ4n) is 4.90. The van der Waals surface area contributed by atoms with Crippen LogP contribution in [0, 0.1) is 11.8 Å². The smallest absolute Gasteiger partial charge is 0.251 e. The average molecular weight is 474 g/mol. The molecule has 0 bridgehead atoms. The minimum absolute atomic E-state index is 0.0274. The van der Waals surface area contributed by atoms with Gasteiger partial charge in [0.25, 0.3) is 5.95 Å². The topological polar surface area (TPSA) is 46.8 Å². The van der Waals surface area contributed by atoms with Crippen LogP contribution in [0.5, 0.6) is 0 Å². The lowest BCUT2D eigenvalue weighted by Gasteiger charge is -2.31. The Morgan fingerprint density at radius 1 is 1.03 bits per heavy atom. The first-order valence-electron chi connectivity index (χ1n) is 12.3. The number of piperidine rings is 1. The monoisotopic (exact) mass is 473 g/mol. The van der Waals surface area contributed by atoms with Crippen LogP contribution in [0.25, 0.3) is 11.5 Å². The van der Waals surface area contributed by atoms with Crippen molar-refractivity contribution >= 4 is 17.2 Å². The summed E-state index contributed by atoms with van der Waals surface area (Å²) in [5.74, 6) is 1.53. The minimum atomic E-state index is 0.0274. The number of aromatic nitrogens is 4. The molecule has 1 aliphatic heterocycles. The number of hydrogen-bond acceptors (Lipinski definition) is 4. The summed E-state index contributed by atoms with van der Waals surface area (Å²) in [6, 6.07) is 14.8. The second kappa shape index (κ2) is 10.7. The molecule has 2 aromatic heterocycles. The molecule has 0 radical (unpaired) electrons. The van der Waals surface area contributed by atoms with Crippen LogP contribution in [0.1, 0.15) is 36.7 Å². The number of rotatable bonds is 7. The molecule has 5 nitrogen and oxygen atoms in total. The molecule has 1 aromatic carbocycles. The highest BCUT2D eigenvalue weighted by Crippen LogP contribution is 2.30. The Bertz CT molecular complexity index is 1130. The molecule has 34 heavy (non-hydrogen) atoms. The van der Waals surface area contributed by atoms with Gasteiger partial charge in [-0.05, 0) is 73.9 Å². The Labute approximate surface area is 207 Å². The average Bonchev–Trinajstić information content (AvgIpc) is 3.30. The Kier molecular flexibility index (Phi) is 7.21.